The first-order chi connectivity index (χ1) is 20.8. The molecule has 1 aliphatic heterocycles. The van der Waals surface area contributed by atoms with Crippen LogP contribution in [0, 0.1) is 11.7 Å². The maximum atomic E-state index is 15.4. The molecule has 2 fully saturated rings. The van der Waals surface area contributed by atoms with E-state index in [9.17, 15) is 31.5 Å². The van der Waals surface area contributed by atoms with E-state index in [1.54, 1.807) is 30.3 Å². The van der Waals surface area contributed by atoms with Gasteiger partial charge in [-0.05, 0) is 42.0 Å². The standard InChI is InChI=1S/C29H30F6N4O5/c1-42-15-21(39-13-22(29(33,34)35)37-26(39)40)18-11-19(30)24-20(12-18)36-25(44-24)23(17-7-9-28(31,32)10-8-17)38-27(41)43-14-16-5-3-2-4-6-16/h2-6,11-12,17,21-23H,7-10,13-15H2,1H3,(H,37,40)(H,38,41)/t21-,22+,23+/m1/s1. The van der Waals surface area contributed by atoms with Gasteiger partial charge in [-0.2, -0.15) is 13.2 Å². The van der Waals surface area contributed by atoms with Crippen LogP contribution in [-0.2, 0) is 16.1 Å². The number of amides is 3. The largest absolute Gasteiger partial charge is 0.445 e. The monoisotopic (exact) mass is 628 g/mol. The van der Waals surface area contributed by atoms with Gasteiger partial charge in [-0.3, -0.25) is 0 Å². The summed E-state index contributed by atoms with van der Waals surface area (Å²) in [6, 6.07) is 5.94. The molecule has 15 heteroatoms. The first-order valence-electron chi connectivity index (χ1n) is 13.9. The highest BCUT2D eigenvalue weighted by atomic mass is 19.4. The molecule has 0 radical (unpaired) electrons. The van der Waals surface area contributed by atoms with E-state index >= 15 is 4.39 Å². The summed E-state index contributed by atoms with van der Waals surface area (Å²) in [7, 11) is 1.28. The van der Waals surface area contributed by atoms with E-state index in [2.05, 4.69) is 10.3 Å². The molecule has 2 heterocycles. The molecular formula is C29H30F6N4O5. The van der Waals surface area contributed by atoms with Gasteiger partial charge in [0, 0.05) is 20.0 Å². The van der Waals surface area contributed by atoms with Crippen molar-refractivity contribution in [2.24, 2.45) is 5.92 Å². The molecule has 1 saturated heterocycles. The minimum absolute atomic E-state index is 0.0173. The van der Waals surface area contributed by atoms with Gasteiger partial charge in [-0.25, -0.2) is 27.7 Å². The van der Waals surface area contributed by atoms with Crippen LogP contribution in [0.4, 0.5) is 35.9 Å². The van der Waals surface area contributed by atoms with Crippen LogP contribution in [-0.4, -0.2) is 60.4 Å². The van der Waals surface area contributed by atoms with Gasteiger partial charge in [-0.1, -0.05) is 30.3 Å². The lowest BCUT2D eigenvalue weighted by Gasteiger charge is -2.32. The van der Waals surface area contributed by atoms with Crippen molar-refractivity contribution in [2.75, 3.05) is 20.3 Å². The van der Waals surface area contributed by atoms with Gasteiger partial charge in [0.1, 0.15) is 24.2 Å². The molecule has 9 nitrogen and oxygen atoms in total. The van der Waals surface area contributed by atoms with Gasteiger partial charge in [0.15, 0.2) is 11.4 Å². The molecule has 3 aromatic rings. The summed E-state index contributed by atoms with van der Waals surface area (Å²) < 4.78 is 99.4. The number of aromatic nitrogens is 1. The van der Waals surface area contributed by atoms with Gasteiger partial charge < -0.3 is 29.4 Å². The highest BCUT2D eigenvalue weighted by Crippen LogP contribution is 2.42. The fourth-order valence-electron chi connectivity index (χ4n) is 5.56. The SMILES string of the molecule is COC[C@H](c1cc(F)c2oc([C@@H](NC(=O)OCc3ccccc3)C3CCC(F)(F)CC3)nc2c1)N1C[C@@H](C(F)(F)F)NC1=O. The summed E-state index contributed by atoms with van der Waals surface area (Å²) >= 11 is 0. The number of nitrogens with one attached hydrogen (secondary N) is 2. The second-order valence-electron chi connectivity index (χ2n) is 10.9. The third-order valence-electron chi connectivity index (χ3n) is 7.89. The lowest BCUT2D eigenvalue weighted by molar-refractivity contribution is -0.150. The van der Waals surface area contributed by atoms with E-state index in [4.69, 9.17) is 13.9 Å². The third-order valence-corrected chi connectivity index (χ3v) is 7.89. The number of carbonyl (C=O) groups excluding carboxylic acids is 2. The third kappa shape index (κ3) is 7.03. The van der Waals surface area contributed by atoms with Crippen LogP contribution in [0.2, 0.25) is 0 Å². The topological polar surface area (TPSA) is 106 Å². The number of urea groups is 1. The second-order valence-corrected chi connectivity index (χ2v) is 10.9. The Hall–Kier alpha value is -4.01. The predicted octanol–water partition coefficient (Wildman–Crippen LogP) is 6.40. The molecule has 2 aliphatic rings. The summed E-state index contributed by atoms with van der Waals surface area (Å²) in [5, 5.41) is 4.51. The van der Waals surface area contributed by atoms with Crippen molar-refractivity contribution in [3.05, 3.63) is 65.3 Å². The number of alkyl carbamates (subject to hydrolysis) is 1. The summed E-state index contributed by atoms with van der Waals surface area (Å²) in [6.07, 6.45) is -6.37. The lowest BCUT2D eigenvalue weighted by Crippen LogP contribution is -2.40. The van der Waals surface area contributed by atoms with Crippen molar-refractivity contribution in [1.82, 2.24) is 20.5 Å². The number of methoxy groups -OCH3 is 1. The molecule has 2 N–H and O–H groups in total. The van der Waals surface area contributed by atoms with Crippen molar-refractivity contribution >= 4 is 23.2 Å². The Morgan fingerprint density at radius 3 is 2.55 bits per heavy atom. The number of alkyl halides is 5. The average molecular weight is 629 g/mol. The van der Waals surface area contributed by atoms with Crippen LogP contribution in [0.15, 0.2) is 46.9 Å². The van der Waals surface area contributed by atoms with Gasteiger partial charge in [0.25, 0.3) is 0 Å². The number of ether oxygens (including phenoxy) is 2. The molecule has 0 unspecified atom stereocenters. The van der Waals surface area contributed by atoms with Crippen LogP contribution in [0.25, 0.3) is 11.1 Å². The van der Waals surface area contributed by atoms with E-state index in [1.165, 1.54) is 13.2 Å². The van der Waals surface area contributed by atoms with Crippen molar-refractivity contribution < 1.29 is 49.8 Å². The maximum Gasteiger partial charge on any atom is 0.410 e. The van der Waals surface area contributed by atoms with Crippen LogP contribution >= 0.6 is 0 Å². The van der Waals surface area contributed by atoms with E-state index in [1.807, 2.05) is 5.32 Å². The van der Waals surface area contributed by atoms with Crippen LogP contribution < -0.4 is 10.6 Å². The second kappa shape index (κ2) is 12.5. The Balaban J connectivity index is 1.43. The average Bonchev–Trinajstić information content (AvgIpc) is 3.58. The van der Waals surface area contributed by atoms with Gasteiger partial charge in [0.2, 0.25) is 11.8 Å². The Kier molecular flexibility index (Phi) is 8.95. The molecule has 238 valence electrons. The number of hydrogen-bond acceptors (Lipinski definition) is 6. The number of oxazole rings is 1. The Morgan fingerprint density at radius 2 is 1.91 bits per heavy atom. The number of halogens is 6. The van der Waals surface area contributed by atoms with E-state index in [-0.39, 0.29) is 48.6 Å². The van der Waals surface area contributed by atoms with Gasteiger partial charge >= 0.3 is 18.3 Å². The lowest BCUT2D eigenvalue weighted by atomic mass is 9.82. The van der Waals surface area contributed by atoms with Crippen molar-refractivity contribution in [3.8, 4) is 0 Å². The summed E-state index contributed by atoms with van der Waals surface area (Å²) in [5.41, 5.74) is 0.448. The zero-order chi connectivity index (χ0) is 31.6. The fraction of sp³-hybridized carbons (Fsp3) is 0.483. The number of rotatable bonds is 9. The summed E-state index contributed by atoms with van der Waals surface area (Å²) in [4.78, 5) is 30.5. The van der Waals surface area contributed by atoms with Crippen LogP contribution in [0.5, 0.6) is 0 Å². The highest BCUT2D eigenvalue weighted by Gasteiger charge is 2.49. The zero-order valence-corrected chi connectivity index (χ0v) is 23.5. The predicted molar refractivity (Wildman–Crippen MR) is 143 cm³/mol. The minimum atomic E-state index is -4.69. The molecule has 3 atom stereocenters. The van der Waals surface area contributed by atoms with E-state index in [0.29, 0.717) is 5.56 Å². The minimum Gasteiger partial charge on any atom is -0.445 e. The van der Waals surface area contributed by atoms with E-state index < -0.39 is 73.5 Å². The molecule has 1 aromatic heterocycles. The molecule has 1 aliphatic carbocycles. The molecule has 1 saturated carbocycles. The first-order valence-corrected chi connectivity index (χ1v) is 13.9. The molecule has 3 amide bonds. The van der Waals surface area contributed by atoms with E-state index in [0.717, 1.165) is 11.0 Å². The Labute approximate surface area is 247 Å². The molecule has 2 aromatic carbocycles. The Bertz CT molecular complexity index is 1470. The smallest absolute Gasteiger partial charge is 0.410 e. The molecule has 44 heavy (non-hydrogen) atoms. The van der Waals surface area contributed by atoms with Gasteiger partial charge in [-0.15, -0.1) is 0 Å². The maximum absolute atomic E-state index is 15.4. The highest BCUT2D eigenvalue weighted by molar-refractivity contribution is 5.79. The fourth-order valence-corrected chi connectivity index (χ4v) is 5.56. The van der Waals surface area contributed by atoms with Crippen molar-refractivity contribution in [2.45, 2.75) is 62.5 Å². The number of benzene rings is 2. The molecule has 0 bridgehead atoms. The summed E-state index contributed by atoms with van der Waals surface area (Å²) in [5.74, 6) is -4.48. The Morgan fingerprint density at radius 1 is 1.20 bits per heavy atom. The molecular weight excluding hydrogens is 598 g/mol. The van der Waals surface area contributed by atoms with Gasteiger partial charge in [0.05, 0.1) is 19.2 Å². The first kappa shape index (κ1) is 31.4. The van der Waals surface area contributed by atoms with Crippen LogP contribution in [0.1, 0.15) is 54.8 Å². The van der Waals surface area contributed by atoms with Crippen molar-refractivity contribution in [3.63, 3.8) is 0 Å². The van der Waals surface area contributed by atoms with Crippen LogP contribution in [0.3, 0.4) is 0 Å². The number of nitrogens with zero attached hydrogens (tertiary/aromatic N) is 2. The number of fused-ring (bicyclic) bond motifs is 1. The molecule has 5 rings (SSSR count). The normalized spacial score (nSPS) is 20.4. The zero-order valence-electron chi connectivity index (χ0n) is 23.5. The number of hydrogen-bond donors (Lipinski definition) is 2. The summed E-state index contributed by atoms with van der Waals surface area (Å²) in [6.45, 7) is -1.03. The van der Waals surface area contributed by atoms with Crippen molar-refractivity contribution in [1.29, 1.82) is 0 Å². The molecule has 0 spiro atoms. The quantitative estimate of drug-likeness (QED) is 0.266. The number of carbonyl (C=O) groups is 2.